The van der Waals surface area contributed by atoms with Crippen molar-refractivity contribution in [2.75, 3.05) is 6.61 Å². The molecule has 0 radical (unpaired) electrons. The first-order chi connectivity index (χ1) is 31.8. The number of ether oxygens (including phenoxy) is 5. The summed E-state index contributed by atoms with van der Waals surface area (Å²) in [5.74, 6) is -0.689. The van der Waals surface area contributed by atoms with Crippen LogP contribution >= 0.6 is 0 Å². The van der Waals surface area contributed by atoms with Gasteiger partial charge >= 0.3 is 17.9 Å². The highest BCUT2D eigenvalue weighted by Gasteiger charge is 2.72. The Labute approximate surface area is 390 Å². The van der Waals surface area contributed by atoms with Crippen molar-refractivity contribution < 1.29 is 48.3 Å². The molecule has 2 aromatic carbocycles. The van der Waals surface area contributed by atoms with Crippen LogP contribution in [-0.2, 0) is 38.1 Å². The van der Waals surface area contributed by atoms with Crippen LogP contribution in [0.1, 0.15) is 142 Å². The van der Waals surface area contributed by atoms with Crippen LogP contribution in [0.4, 0.5) is 0 Å². The molecule has 10 rings (SSSR count). The SMILES string of the molecule is CC1=C2C(CC1)C1(C)OC(C3CCCCC3)(CC1O)C2OC(=O)/C=C/c1ccccc1.CC1=C2C(CC1)C1(C)OC(C3CCCCC3)(CC1OC(=O)CO)C2OC(=O)/C=C/c1ccccc1. The van der Waals surface area contributed by atoms with Gasteiger partial charge in [0.1, 0.15) is 29.5 Å². The number of fused-ring (bicyclic) bond motifs is 8. The van der Waals surface area contributed by atoms with Gasteiger partial charge in [0.05, 0.1) is 11.7 Å². The molecule has 2 N–H and O–H groups in total. The van der Waals surface area contributed by atoms with E-state index >= 15 is 0 Å². The number of aliphatic hydroxyl groups excluding tert-OH is 2. The lowest BCUT2D eigenvalue weighted by molar-refractivity contribution is -0.229. The number of carbonyl (C=O) groups excluding carboxylic acids is 3. The molecule has 6 fully saturated rings. The molecular weight excluding hydrogens is 833 g/mol. The van der Waals surface area contributed by atoms with E-state index in [1.807, 2.05) is 67.6 Å². The van der Waals surface area contributed by atoms with Gasteiger partial charge in [0, 0.05) is 36.8 Å². The third kappa shape index (κ3) is 8.47. The van der Waals surface area contributed by atoms with Crippen molar-refractivity contribution in [3.05, 3.63) is 106 Å². The monoisotopic (exact) mass is 902 g/mol. The third-order valence-electron chi connectivity index (χ3n) is 17.2. The summed E-state index contributed by atoms with van der Waals surface area (Å²) in [5.41, 5.74) is 4.26. The lowest BCUT2D eigenvalue weighted by atomic mass is 9.69. The molecule has 10 unspecified atom stereocenters. The second kappa shape index (κ2) is 19.0. The zero-order chi connectivity index (χ0) is 46.3. The second-order valence-electron chi connectivity index (χ2n) is 21.0. The van der Waals surface area contributed by atoms with Gasteiger partial charge in [-0.05, 0) is 125 Å². The van der Waals surface area contributed by atoms with Gasteiger partial charge in [-0.3, -0.25) is 0 Å². The Morgan fingerprint density at radius 3 is 1.53 bits per heavy atom. The van der Waals surface area contributed by atoms with E-state index in [0.29, 0.717) is 18.8 Å². The number of esters is 3. The number of aliphatic hydroxyl groups is 2. The quantitative estimate of drug-likeness (QED) is 0.103. The van der Waals surface area contributed by atoms with E-state index in [-0.39, 0.29) is 29.7 Å². The summed E-state index contributed by atoms with van der Waals surface area (Å²) in [7, 11) is 0. The number of rotatable bonds is 10. The summed E-state index contributed by atoms with van der Waals surface area (Å²) in [6.07, 6.45) is 20.7. The van der Waals surface area contributed by atoms with Gasteiger partial charge in [-0.1, -0.05) is 110 Å². The van der Waals surface area contributed by atoms with Crippen LogP contribution in [0.25, 0.3) is 12.2 Å². The van der Waals surface area contributed by atoms with Crippen molar-refractivity contribution >= 4 is 30.1 Å². The molecule has 4 aliphatic heterocycles. The Morgan fingerprint density at radius 1 is 0.621 bits per heavy atom. The van der Waals surface area contributed by atoms with E-state index in [9.17, 15) is 24.6 Å². The van der Waals surface area contributed by atoms with Crippen LogP contribution in [0.2, 0.25) is 0 Å². The van der Waals surface area contributed by atoms with Gasteiger partial charge in [0.15, 0.2) is 12.2 Å². The molecule has 66 heavy (non-hydrogen) atoms. The fraction of sp³-hybridized carbons (Fsp3) is 0.589. The molecule has 4 bridgehead atoms. The average Bonchev–Trinajstić information content (AvgIpc) is 4.07. The van der Waals surface area contributed by atoms with Crippen molar-refractivity contribution in [1.82, 2.24) is 0 Å². The largest absolute Gasteiger partial charge is 0.457 e. The van der Waals surface area contributed by atoms with E-state index in [0.717, 1.165) is 80.9 Å². The van der Waals surface area contributed by atoms with Crippen LogP contribution in [0.3, 0.4) is 0 Å². The molecule has 4 saturated heterocycles. The van der Waals surface area contributed by atoms with Crippen molar-refractivity contribution in [3.63, 3.8) is 0 Å². The number of carbonyl (C=O) groups is 3. The number of hydrogen-bond donors (Lipinski definition) is 2. The predicted octanol–water partition coefficient (Wildman–Crippen LogP) is 9.96. The van der Waals surface area contributed by atoms with E-state index in [1.54, 1.807) is 12.2 Å². The van der Waals surface area contributed by atoms with E-state index < -0.39 is 59.4 Å². The summed E-state index contributed by atoms with van der Waals surface area (Å²) < 4.78 is 32.3. The molecule has 10 nitrogen and oxygen atoms in total. The van der Waals surface area contributed by atoms with E-state index in [4.69, 9.17) is 23.7 Å². The van der Waals surface area contributed by atoms with Crippen LogP contribution in [0.5, 0.6) is 0 Å². The summed E-state index contributed by atoms with van der Waals surface area (Å²) in [4.78, 5) is 38.3. The zero-order valence-corrected chi connectivity index (χ0v) is 39.4. The van der Waals surface area contributed by atoms with Gasteiger partial charge in [0.2, 0.25) is 0 Å². The minimum absolute atomic E-state index is 0.00844. The molecule has 0 aromatic heterocycles. The van der Waals surface area contributed by atoms with Crippen LogP contribution in [0, 0.1) is 23.7 Å². The second-order valence-corrected chi connectivity index (χ2v) is 21.0. The summed E-state index contributed by atoms with van der Waals surface area (Å²) in [5, 5.41) is 20.6. The van der Waals surface area contributed by atoms with Gasteiger partial charge < -0.3 is 33.9 Å². The van der Waals surface area contributed by atoms with Crippen molar-refractivity contribution in [2.24, 2.45) is 23.7 Å². The Hall–Kier alpha value is -4.35. The number of allylic oxidation sites excluding steroid dienone is 2. The van der Waals surface area contributed by atoms with E-state index in [2.05, 4.69) is 20.8 Å². The highest BCUT2D eigenvalue weighted by atomic mass is 16.6. The normalized spacial score (nSPS) is 36.3. The minimum atomic E-state index is -0.733. The minimum Gasteiger partial charge on any atom is -0.457 e. The topological polar surface area (TPSA) is 138 Å². The maximum absolute atomic E-state index is 13.2. The average molecular weight is 903 g/mol. The first kappa shape index (κ1) is 46.7. The Bertz CT molecular complexity index is 2230. The fourth-order valence-corrected chi connectivity index (χ4v) is 14.0. The zero-order valence-electron chi connectivity index (χ0n) is 39.4. The van der Waals surface area contributed by atoms with Crippen LogP contribution < -0.4 is 0 Å². The maximum atomic E-state index is 13.2. The number of hydrogen-bond acceptors (Lipinski definition) is 10. The summed E-state index contributed by atoms with van der Waals surface area (Å²) in [6.45, 7) is 7.78. The smallest absolute Gasteiger partial charge is 0.332 e. The molecular formula is C56H70O10. The van der Waals surface area contributed by atoms with Gasteiger partial charge in [-0.15, -0.1) is 0 Å². The summed E-state index contributed by atoms with van der Waals surface area (Å²) in [6, 6.07) is 19.5. The maximum Gasteiger partial charge on any atom is 0.332 e. The molecule has 0 spiro atoms. The molecule has 4 aliphatic carbocycles. The molecule has 10 atom stereocenters. The first-order valence-electron chi connectivity index (χ1n) is 25.0. The van der Waals surface area contributed by atoms with Gasteiger partial charge in [-0.25, -0.2) is 14.4 Å². The van der Waals surface area contributed by atoms with Crippen molar-refractivity contribution in [2.45, 2.75) is 177 Å². The highest BCUT2D eigenvalue weighted by Crippen LogP contribution is 2.64. The Morgan fingerprint density at radius 2 is 1.06 bits per heavy atom. The molecule has 2 aromatic rings. The highest BCUT2D eigenvalue weighted by molar-refractivity contribution is 5.88. The van der Waals surface area contributed by atoms with E-state index in [1.165, 1.54) is 54.6 Å². The predicted molar refractivity (Wildman–Crippen MR) is 251 cm³/mol. The summed E-state index contributed by atoms with van der Waals surface area (Å²) >= 11 is 0. The molecule has 10 heteroatoms. The molecule has 2 saturated carbocycles. The Kier molecular flexibility index (Phi) is 13.4. The molecule has 0 amide bonds. The van der Waals surface area contributed by atoms with Crippen LogP contribution in [0.15, 0.2) is 95.1 Å². The third-order valence-corrected chi connectivity index (χ3v) is 17.2. The Balaban J connectivity index is 0.000000167. The first-order valence-corrected chi connectivity index (χ1v) is 25.0. The molecule has 354 valence electrons. The molecule has 8 aliphatic rings. The lowest BCUT2D eigenvalue weighted by Gasteiger charge is -2.52. The number of benzene rings is 2. The van der Waals surface area contributed by atoms with Gasteiger partial charge in [-0.2, -0.15) is 0 Å². The molecule has 4 heterocycles. The van der Waals surface area contributed by atoms with Crippen molar-refractivity contribution in [3.8, 4) is 0 Å². The standard InChI is InChI=1S/C29H36O6.C27H34O4/c1-19-13-15-22-26(19)27(34-24(31)16-14-20-9-5-3-6-10-20)29(21-11-7-4-8-12-21)17-23(28(22,2)35-29)33-25(32)18-30;1-18-13-15-21-24(18)25(30-23(29)16-14-19-9-5-3-6-10-19)27(20-11-7-4-8-12-20)17-22(28)26(21,2)31-27/h3,5-6,9-10,14,16,21-23,27,30H,4,7-8,11-13,15,17-18H2,1-2H3;3,5-6,9-10,14,16,20-22,25,28H,4,7-8,11-13,15,17H2,1-2H3/b2*16-14+. The van der Waals surface area contributed by atoms with Crippen LogP contribution in [-0.4, -0.2) is 81.5 Å². The fourth-order valence-electron chi connectivity index (χ4n) is 14.0. The van der Waals surface area contributed by atoms with Gasteiger partial charge in [0.25, 0.3) is 0 Å². The lowest BCUT2D eigenvalue weighted by Crippen LogP contribution is -2.59. The van der Waals surface area contributed by atoms with Crippen molar-refractivity contribution in [1.29, 1.82) is 0 Å².